The van der Waals surface area contributed by atoms with E-state index in [0.717, 1.165) is 64.2 Å². The van der Waals surface area contributed by atoms with Gasteiger partial charge in [0.05, 0.1) is 69.2 Å². The van der Waals surface area contributed by atoms with Gasteiger partial charge in [0.25, 0.3) is 0 Å². The molecule has 16 fully saturated rings. The minimum atomic E-state index is -1.37. The zero-order chi connectivity index (χ0) is 74.3. The van der Waals surface area contributed by atoms with Crippen LogP contribution in [0, 0.1) is 92.2 Å². The standard InChI is InChI=1S/C18H26O6.C17H24O6.C14H20O4.C14H22O4.C13H18O5.5CH4/c1-6-17(2,3)15(20)24-18(4,5)16(21)23-12-9-7-10-11(8-9)14(19)22-13(10)12;1-4-17(2,3)16(20)21-6-5-12(18)22-13-9-7-10-11(8-9)15(19)23-14(10)13;1-4-14(2,3)13(16)18-11-8-5-7-6-9(8)12(15)17-10(7)11;1-5-13(2,3)12(16)17-10-8-9-6-7-14(10,4)18-11(9)15;1-4-13(2,3)12(15)18-9-7-5-6-8(16-7)10(9)17-11(6)14;;;;;/h9-13H,6-8H2,1-5H3;9-11,13-14H,4-8H2,1-3H3;7-11H,4-6H2,1-3H3;9-10H,5-8H2,1-4H3;6-10H,4-5H2,1-3H3;5*1H4. The summed E-state index contributed by atoms with van der Waals surface area (Å²) < 4.78 is 71.0. The molecule has 0 radical (unpaired) electrons. The largest absolute Gasteiger partial charge is 0.465 e. The highest BCUT2D eigenvalue weighted by molar-refractivity contribution is 5.86. The monoisotopic (exact) mass is 1500 g/mol. The Bertz CT molecular complexity index is 3170. The third-order valence-corrected chi connectivity index (χ3v) is 25.7. The molecule has 23 atom stereocenters. The second kappa shape index (κ2) is 33.4. The molecule has 0 aromatic heterocycles. The molecule has 12 bridgehead atoms. The highest BCUT2D eigenvalue weighted by Gasteiger charge is 2.68. The van der Waals surface area contributed by atoms with E-state index in [1.165, 1.54) is 13.8 Å². The van der Waals surface area contributed by atoms with E-state index in [4.69, 9.17) is 61.6 Å². The van der Waals surface area contributed by atoms with Crippen molar-refractivity contribution < 1.29 is 119 Å². The van der Waals surface area contributed by atoms with Crippen LogP contribution in [-0.4, -0.2) is 157 Å². The van der Waals surface area contributed by atoms with E-state index in [9.17, 15) is 57.5 Å². The van der Waals surface area contributed by atoms with E-state index in [0.29, 0.717) is 38.0 Å². The lowest BCUT2D eigenvalue weighted by Crippen LogP contribution is -2.57. The zero-order valence-electron chi connectivity index (χ0n) is 62.4. The summed E-state index contributed by atoms with van der Waals surface area (Å²) in [7, 11) is 0. The van der Waals surface area contributed by atoms with Crippen molar-refractivity contribution in [3.05, 3.63) is 0 Å². The molecule has 0 N–H and O–H groups in total. The molecule has 16 aliphatic rings. The molecule has 23 unspecified atom stereocenters. The number of carbonyl (C=O) groups excluding carboxylic acids is 12. The quantitative estimate of drug-likeness (QED) is 0.0807. The van der Waals surface area contributed by atoms with E-state index in [1.54, 1.807) is 13.8 Å². The molecular weight excluding hydrogens is 1370 g/mol. The van der Waals surface area contributed by atoms with Gasteiger partial charge in [-0.15, -0.1) is 0 Å². The van der Waals surface area contributed by atoms with Crippen LogP contribution in [0.5, 0.6) is 0 Å². The molecule has 0 aromatic carbocycles. The summed E-state index contributed by atoms with van der Waals surface area (Å²) in [6.07, 6.45) is 8.36. The van der Waals surface area contributed by atoms with Crippen LogP contribution in [0.3, 0.4) is 0 Å². The van der Waals surface area contributed by atoms with Crippen LogP contribution in [0.25, 0.3) is 0 Å². The second-order valence-corrected chi connectivity index (χ2v) is 34.7. The van der Waals surface area contributed by atoms with Crippen LogP contribution in [0.2, 0.25) is 0 Å². The van der Waals surface area contributed by atoms with E-state index in [2.05, 4.69) is 0 Å². The molecular formula is C81H130O25. The van der Waals surface area contributed by atoms with Gasteiger partial charge in [-0.3, -0.25) is 52.7 Å². The van der Waals surface area contributed by atoms with Crippen molar-refractivity contribution in [2.75, 3.05) is 6.61 Å². The molecule has 0 spiro atoms. The van der Waals surface area contributed by atoms with Crippen LogP contribution >= 0.6 is 0 Å². The molecule has 7 aliphatic carbocycles. The van der Waals surface area contributed by atoms with Gasteiger partial charge in [-0.1, -0.05) is 71.8 Å². The molecule has 9 heterocycles. The summed E-state index contributed by atoms with van der Waals surface area (Å²) in [6, 6.07) is 0. The Morgan fingerprint density at radius 1 is 0.406 bits per heavy atom. The maximum absolute atomic E-state index is 12.6. The van der Waals surface area contributed by atoms with E-state index >= 15 is 0 Å². The lowest BCUT2D eigenvalue weighted by Gasteiger charge is -2.48. The number of rotatable bonds is 20. The molecule has 0 aromatic rings. The fraction of sp³-hybridized carbons (Fsp3) is 0.852. The highest BCUT2D eigenvalue weighted by atomic mass is 16.7. The number of fused-ring (bicyclic) bond motifs is 7. The molecule has 25 nitrogen and oxygen atoms in total. The summed E-state index contributed by atoms with van der Waals surface area (Å²) in [6.45, 7) is 33.1. The van der Waals surface area contributed by atoms with Gasteiger partial charge in [-0.2, -0.15) is 0 Å². The van der Waals surface area contributed by atoms with E-state index < -0.39 is 74.5 Å². The Labute approximate surface area is 629 Å². The predicted octanol–water partition coefficient (Wildman–Crippen LogP) is 12.7. The smallest absolute Gasteiger partial charge is 0.350 e. The third-order valence-electron chi connectivity index (χ3n) is 25.7. The average Bonchev–Trinajstić information content (AvgIpc) is 1.59. The van der Waals surface area contributed by atoms with Crippen molar-refractivity contribution >= 4 is 71.6 Å². The predicted molar refractivity (Wildman–Crippen MR) is 386 cm³/mol. The zero-order valence-corrected chi connectivity index (χ0v) is 62.4. The lowest BCUT2D eigenvalue weighted by atomic mass is 9.74. The third kappa shape index (κ3) is 17.4. The Kier molecular flexibility index (Phi) is 28.5. The first-order valence-electron chi connectivity index (χ1n) is 37.2. The van der Waals surface area contributed by atoms with Crippen LogP contribution in [-0.2, 0) is 119 Å². The molecule has 16 rings (SSSR count). The number of carbonyl (C=O) groups is 12. The summed E-state index contributed by atoms with van der Waals surface area (Å²) in [5.41, 5.74) is -4.62. The van der Waals surface area contributed by atoms with Crippen molar-refractivity contribution in [2.24, 2.45) is 92.2 Å². The summed E-state index contributed by atoms with van der Waals surface area (Å²) >= 11 is 0. The van der Waals surface area contributed by atoms with Crippen molar-refractivity contribution in [3.63, 3.8) is 0 Å². The Hall–Kier alpha value is -6.40. The number of ether oxygens (including phenoxy) is 13. The first-order chi connectivity index (χ1) is 47.1. The Balaban J connectivity index is 0.000000236. The molecule has 0 amide bonds. The van der Waals surface area contributed by atoms with Crippen molar-refractivity contribution in [3.8, 4) is 0 Å². The fourth-order valence-electron chi connectivity index (χ4n) is 16.5. The lowest BCUT2D eigenvalue weighted by molar-refractivity contribution is -0.221. The van der Waals surface area contributed by atoms with Gasteiger partial charge in [0.1, 0.15) is 61.0 Å². The topological polar surface area (TPSA) is 325 Å². The van der Waals surface area contributed by atoms with Gasteiger partial charge in [-0.25, -0.2) is 4.79 Å². The Morgan fingerprint density at radius 2 is 0.811 bits per heavy atom. The van der Waals surface area contributed by atoms with Crippen LogP contribution in [0.4, 0.5) is 0 Å². The molecule has 604 valence electrons. The first kappa shape index (κ1) is 90.2. The van der Waals surface area contributed by atoms with Crippen LogP contribution in [0.1, 0.15) is 264 Å². The first-order valence-corrected chi connectivity index (χ1v) is 37.2. The number of esters is 12. The molecule has 9 aliphatic heterocycles. The summed E-state index contributed by atoms with van der Waals surface area (Å²) in [5.74, 6) is -1.91. The minimum Gasteiger partial charge on any atom is -0.465 e. The van der Waals surface area contributed by atoms with Gasteiger partial charge < -0.3 is 61.6 Å². The Morgan fingerprint density at radius 3 is 1.29 bits per heavy atom. The normalized spacial score (nSPS) is 35.1. The van der Waals surface area contributed by atoms with Gasteiger partial charge in [0, 0.05) is 41.9 Å². The van der Waals surface area contributed by atoms with Crippen molar-refractivity contribution in [1.29, 1.82) is 0 Å². The highest BCUT2D eigenvalue weighted by Crippen LogP contribution is 2.58. The van der Waals surface area contributed by atoms with Gasteiger partial charge in [-0.05, 0) is 180 Å². The van der Waals surface area contributed by atoms with Gasteiger partial charge in [0.15, 0.2) is 12.2 Å². The minimum absolute atomic E-state index is 0. The number of hydrogen-bond donors (Lipinski definition) is 0. The fourth-order valence-corrected chi connectivity index (χ4v) is 16.5. The van der Waals surface area contributed by atoms with E-state index in [-0.39, 0.29) is 212 Å². The summed E-state index contributed by atoms with van der Waals surface area (Å²) in [4.78, 5) is 143. The average molecular weight is 1500 g/mol. The summed E-state index contributed by atoms with van der Waals surface area (Å²) in [5, 5.41) is 0. The molecule has 9 saturated heterocycles. The molecule has 7 saturated carbocycles. The van der Waals surface area contributed by atoms with E-state index in [1.807, 2.05) is 96.9 Å². The van der Waals surface area contributed by atoms with Gasteiger partial charge >= 0.3 is 71.6 Å². The molecule has 25 heteroatoms. The van der Waals surface area contributed by atoms with Crippen molar-refractivity contribution in [1.82, 2.24) is 0 Å². The van der Waals surface area contributed by atoms with Crippen LogP contribution in [0.15, 0.2) is 0 Å². The number of hydrogen-bond acceptors (Lipinski definition) is 25. The van der Waals surface area contributed by atoms with Crippen LogP contribution < -0.4 is 0 Å². The maximum Gasteiger partial charge on any atom is 0.350 e. The van der Waals surface area contributed by atoms with Gasteiger partial charge in [0.2, 0.25) is 5.60 Å². The maximum atomic E-state index is 12.6. The van der Waals surface area contributed by atoms with Crippen molar-refractivity contribution in [2.45, 2.75) is 343 Å². The molecule has 106 heavy (non-hydrogen) atoms. The second-order valence-electron chi connectivity index (χ2n) is 34.7. The SMILES string of the molecule is C.C.C.C.C.CCC(C)(C)C(=O)OC(C)(C)C(=O)OC1C2CC3C(=O)OC1C3C2.CCC(C)(C)C(=O)OC1C2CC3C(=O)OC1C3O2.CCC(C)(C)C(=O)OC1C2CC3CC2C(=O)OC31.CCC(C)(C)C(=O)OC1CC2CCC1(C)OC2=O.CCC(C)(C)C(=O)OCCC(=O)OC1C2CC3C(=O)OC1C3C2.